The first-order valence-electron chi connectivity index (χ1n) is 8.47. The summed E-state index contributed by atoms with van der Waals surface area (Å²) in [5.41, 5.74) is 16.1. The Morgan fingerprint density at radius 2 is 1.56 bits per heavy atom. The van der Waals surface area contributed by atoms with Crippen LogP contribution in [-0.2, 0) is 24.0 Å². The highest BCUT2D eigenvalue weighted by Crippen LogP contribution is 1.99. The number of carbonyl (C=O) groups is 5. The van der Waals surface area contributed by atoms with Gasteiger partial charge in [0.2, 0.25) is 23.6 Å². The van der Waals surface area contributed by atoms with E-state index in [1.54, 1.807) is 0 Å². The zero-order valence-electron chi connectivity index (χ0n) is 15.0. The number of carbonyl (C=O) groups excluding carboxylic acids is 4. The van der Waals surface area contributed by atoms with Crippen molar-refractivity contribution in [3.8, 4) is 0 Å². The number of carboxylic acids is 1. The van der Waals surface area contributed by atoms with Crippen LogP contribution in [-0.4, -0.2) is 66.4 Å². The predicted octanol–water partition coefficient (Wildman–Crippen LogP) is -3.49. The Morgan fingerprint density at radius 1 is 0.926 bits per heavy atom. The third kappa shape index (κ3) is 12.3. The maximum absolute atomic E-state index is 11.9. The van der Waals surface area contributed by atoms with Gasteiger partial charge in [-0.15, -0.1) is 0 Å². The molecule has 0 heterocycles. The summed E-state index contributed by atoms with van der Waals surface area (Å²) in [6.07, 6.45) is 1.52. The van der Waals surface area contributed by atoms with E-state index in [-0.39, 0.29) is 12.8 Å². The van der Waals surface area contributed by atoms with Gasteiger partial charge in [0.05, 0.1) is 12.6 Å². The summed E-state index contributed by atoms with van der Waals surface area (Å²) >= 11 is 0. The van der Waals surface area contributed by atoms with Crippen LogP contribution in [0.4, 0.5) is 0 Å². The first-order chi connectivity index (χ1) is 12.7. The number of hydrogen-bond acceptors (Lipinski definition) is 7. The number of rotatable bonds is 14. The van der Waals surface area contributed by atoms with Gasteiger partial charge in [-0.05, 0) is 25.8 Å². The maximum Gasteiger partial charge on any atom is 0.322 e. The molecule has 154 valence electrons. The summed E-state index contributed by atoms with van der Waals surface area (Å²) in [6.45, 7) is -0.577. The van der Waals surface area contributed by atoms with E-state index in [4.69, 9.17) is 22.3 Å². The second-order valence-electron chi connectivity index (χ2n) is 5.85. The zero-order valence-corrected chi connectivity index (χ0v) is 15.0. The van der Waals surface area contributed by atoms with Crippen molar-refractivity contribution < 1.29 is 29.1 Å². The van der Waals surface area contributed by atoms with Gasteiger partial charge in [-0.25, -0.2) is 0 Å². The van der Waals surface area contributed by atoms with Crippen LogP contribution in [0.5, 0.6) is 0 Å². The molecule has 0 rings (SSSR count). The lowest BCUT2D eigenvalue weighted by molar-refractivity contribution is -0.138. The van der Waals surface area contributed by atoms with Crippen molar-refractivity contribution in [1.29, 1.82) is 0 Å². The smallest absolute Gasteiger partial charge is 0.322 e. The van der Waals surface area contributed by atoms with E-state index in [9.17, 15) is 24.0 Å². The second-order valence-corrected chi connectivity index (χ2v) is 5.85. The molecule has 0 radical (unpaired) electrons. The Balaban J connectivity index is 4.51. The Kier molecular flexibility index (Phi) is 12.1. The molecular formula is C15H28N6O6. The Bertz CT molecular complexity index is 541. The number of amides is 4. The maximum atomic E-state index is 11.9. The largest absolute Gasteiger partial charge is 0.480 e. The molecule has 12 heteroatoms. The van der Waals surface area contributed by atoms with E-state index in [1.165, 1.54) is 0 Å². The van der Waals surface area contributed by atoms with Crippen LogP contribution >= 0.6 is 0 Å². The lowest BCUT2D eigenvalue weighted by atomic mass is 10.1. The molecule has 27 heavy (non-hydrogen) atoms. The molecule has 2 unspecified atom stereocenters. The van der Waals surface area contributed by atoms with Crippen molar-refractivity contribution in [2.75, 3.05) is 19.6 Å². The molecule has 0 fully saturated rings. The van der Waals surface area contributed by atoms with E-state index in [0.29, 0.717) is 19.4 Å². The summed E-state index contributed by atoms with van der Waals surface area (Å²) in [7, 11) is 0. The summed E-state index contributed by atoms with van der Waals surface area (Å²) in [5, 5.41) is 15.3. The normalized spacial score (nSPS) is 12.5. The topological polar surface area (TPSA) is 220 Å². The van der Waals surface area contributed by atoms with Crippen molar-refractivity contribution in [2.24, 2.45) is 17.2 Å². The Morgan fingerprint density at radius 3 is 2.11 bits per heavy atom. The third-order valence-corrected chi connectivity index (χ3v) is 3.47. The first-order valence-corrected chi connectivity index (χ1v) is 8.47. The molecule has 4 amide bonds. The Labute approximate surface area is 156 Å². The van der Waals surface area contributed by atoms with Crippen molar-refractivity contribution >= 4 is 29.6 Å². The molecule has 0 bridgehead atoms. The van der Waals surface area contributed by atoms with E-state index >= 15 is 0 Å². The van der Waals surface area contributed by atoms with Gasteiger partial charge in [-0.1, -0.05) is 6.42 Å². The van der Waals surface area contributed by atoms with E-state index in [0.717, 1.165) is 6.42 Å². The molecule has 0 aromatic rings. The molecule has 2 atom stereocenters. The van der Waals surface area contributed by atoms with Gasteiger partial charge < -0.3 is 38.3 Å². The average Bonchev–Trinajstić information content (AvgIpc) is 2.60. The predicted molar refractivity (Wildman–Crippen MR) is 94.9 cm³/mol. The third-order valence-electron chi connectivity index (χ3n) is 3.47. The van der Waals surface area contributed by atoms with Crippen LogP contribution in [0.1, 0.15) is 32.1 Å². The van der Waals surface area contributed by atoms with Crippen LogP contribution < -0.4 is 33.2 Å². The summed E-state index contributed by atoms with van der Waals surface area (Å²) in [4.78, 5) is 57.1. The highest BCUT2D eigenvalue weighted by molar-refractivity contribution is 5.92. The molecule has 0 aliphatic rings. The fourth-order valence-corrected chi connectivity index (χ4v) is 2.02. The minimum atomic E-state index is -1.26. The number of hydrogen-bond donors (Lipinski definition) is 7. The van der Waals surface area contributed by atoms with Crippen LogP contribution in [0.15, 0.2) is 0 Å². The molecule has 0 saturated carbocycles. The minimum absolute atomic E-state index is 0.112. The monoisotopic (exact) mass is 388 g/mol. The van der Waals surface area contributed by atoms with Gasteiger partial charge in [0.1, 0.15) is 12.6 Å². The van der Waals surface area contributed by atoms with Gasteiger partial charge in [-0.3, -0.25) is 24.0 Å². The molecule has 0 spiro atoms. The van der Waals surface area contributed by atoms with Gasteiger partial charge in [0.25, 0.3) is 0 Å². The minimum Gasteiger partial charge on any atom is -0.480 e. The van der Waals surface area contributed by atoms with Crippen molar-refractivity contribution in [3.63, 3.8) is 0 Å². The number of nitrogens with one attached hydrogen (secondary N) is 3. The van der Waals surface area contributed by atoms with E-state index in [1.807, 2.05) is 0 Å². The Hall–Kier alpha value is -2.73. The lowest BCUT2D eigenvalue weighted by Crippen LogP contribution is -2.51. The van der Waals surface area contributed by atoms with Crippen LogP contribution in [0, 0.1) is 0 Å². The second kappa shape index (κ2) is 13.5. The average molecular weight is 388 g/mol. The molecule has 0 aromatic heterocycles. The first kappa shape index (κ1) is 24.3. The fraction of sp³-hybridized carbons (Fsp3) is 0.667. The van der Waals surface area contributed by atoms with Crippen LogP contribution in [0.2, 0.25) is 0 Å². The quantitative estimate of drug-likeness (QED) is 0.148. The zero-order chi connectivity index (χ0) is 20.8. The summed E-state index contributed by atoms with van der Waals surface area (Å²) < 4.78 is 0. The molecule has 0 aromatic carbocycles. The van der Waals surface area contributed by atoms with Crippen LogP contribution in [0.25, 0.3) is 0 Å². The van der Waals surface area contributed by atoms with Crippen molar-refractivity contribution in [2.45, 2.75) is 44.2 Å². The number of aliphatic carboxylic acids is 1. The summed E-state index contributed by atoms with van der Waals surface area (Å²) in [5.74, 6) is -3.95. The molecular weight excluding hydrogens is 360 g/mol. The molecule has 10 N–H and O–H groups in total. The molecule has 0 aliphatic heterocycles. The van der Waals surface area contributed by atoms with Crippen molar-refractivity contribution in [1.82, 2.24) is 16.0 Å². The number of primary amides is 1. The van der Waals surface area contributed by atoms with Crippen LogP contribution in [0.3, 0.4) is 0 Å². The molecule has 0 aliphatic carbocycles. The van der Waals surface area contributed by atoms with Crippen molar-refractivity contribution in [3.05, 3.63) is 0 Å². The lowest BCUT2D eigenvalue weighted by Gasteiger charge is -2.18. The van der Waals surface area contributed by atoms with Gasteiger partial charge in [-0.2, -0.15) is 0 Å². The standard InChI is InChI=1S/C15H28N6O6/c16-6-2-1-3-9(17)14(26)19-7-12(23)21-10(4-5-11(18)22)15(27)20-8-13(24)25/h9-10H,1-8,16-17H2,(H2,18,22)(H,19,26)(H,20,27)(H,21,23)(H,24,25). The highest BCUT2D eigenvalue weighted by atomic mass is 16.4. The van der Waals surface area contributed by atoms with E-state index in [2.05, 4.69) is 16.0 Å². The number of nitrogens with two attached hydrogens (primary N) is 3. The highest BCUT2D eigenvalue weighted by Gasteiger charge is 2.22. The molecule has 0 saturated heterocycles. The SMILES string of the molecule is NCCCCC(N)C(=O)NCC(=O)NC(CCC(N)=O)C(=O)NCC(=O)O. The number of carboxylic acid groups (broad SMARTS) is 1. The summed E-state index contributed by atoms with van der Waals surface area (Å²) in [6, 6.07) is -1.95. The van der Waals surface area contributed by atoms with Gasteiger partial charge in [0, 0.05) is 6.42 Å². The van der Waals surface area contributed by atoms with Gasteiger partial charge >= 0.3 is 5.97 Å². The molecule has 12 nitrogen and oxygen atoms in total. The van der Waals surface area contributed by atoms with Gasteiger partial charge in [0.15, 0.2) is 0 Å². The number of unbranched alkanes of at least 4 members (excludes halogenated alkanes) is 1. The van der Waals surface area contributed by atoms with E-state index < -0.39 is 54.8 Å². The fourth-order valence-electron chi connectivity index (χ4n) is 2.02.